The number of rotatable bonds is 8. The molecule has 3 rings (SSSR count). The number of aryl methyl sites for hydroxylation is 1. The molecule has 2 aromatic rings. The van der Waals surface area contributed by atoms with Crippen LogP contribution in [0.15, 0.2) is 41.8 Å². The normalized spacial score (nSPS) is 16.3. The topological polar surface area (TPSA) is 61.4 Å². The van der Waals surface area contributed by atoms with E-state index in [1.165, 1.54) is 17.7 Å². The van der Waals surface area contributed by atoms with Crippen LogP contribution in [0.4, 0.5) is 0 Å². The van der Waals surface area contributed by atoms with Crippen molar-refractivity contribution in [2.45, 2.75) is 39.2 Å². The molecule has 0 bridgehead atoms. The van der Waals surface area contributed by atoms with E-state index >= 15 is 0 Å². The molecule has 2 N–H and O–H groups in total. The number of nitrogens with zero attached hydrogens (tertiary/aromatic N) is 1. The predicted octanol–water partition coefficient (Wildman–Crippen LogP) is 3.77. The van der Waals surface area contributed by atoms with Crippen molar-refractivity contribution in [3.63, 3.8) is 0 Å². The molecule has 2 heterocycles. The third kappa shape index (κ3) is 6.15. The third-order valence-corrected chi connectivity index (χ3v) is 6.62. The summed E-state index contributed by atoms with van der Waals surface area (Å²) in [6, 6.07) is 11.9. The van der Waals surface area contributed by atoms with Crippen LogP contribution >= 0.6 is 11.3 Å². The molecular formula is C23H31N3O2S. The first-order valence-corrected chi connectivity index (χ1v) is 11.3. The molecule has 1 aliphatic heterocycles. The smallest absolute Gasteiger partial charge is 0.251 e. The van der Waals surface area contributed by atoms with Crippen LogP contribution in [-0.2, 0) is 4.79 Å². The van der Waals surface area contributed by atoms with Crippen LogP contribution in [0, 0.1) is 12.8 Å². The van der Waals surface area contributed by atoms with Crippen LogP contribution < -0.4 is 10.6 Å². The summed E-state index contributed by atoms with van der Waals surface area (Å²) >= 11 is 1.75. The average Bonchev–Trinajstić information content (AvgIpc) is 3.24. The molecule has 29 heavy (non-hydrogen) atoms. The highest BCUT2D eigenvalue weighted by atomic mass is 32.1. The van der Waals surface area contributed by atoms with Gasteiger partial charge in [-0.05, 0) is 61.8 Å². The number of carbonyl (C=O) groups excluding carboxylic acids is 2. The third-order valence-electron chi connectivity index (χ3n) is 5.65. The van der Waals surface area contributed by atoms with Crippen LogP contribution in [0.1, 0.15) is 53.0 Å². The highest BCUT2D eigenvalue weighted by Crippen LogP contribution is 2.29. The molecule has 1 aromatic heterocycles. The van der Waals surface area contributed by atoms with E-state index in [1.54, 1.807) is 17.4 Å². The van der Waals surface area contributed by atoms with Crippen LogP contribution in [0.2, 0.25) is 0 Å². The zero-order valence-electron chi connectivity index (χ0n) is 17.3. The van der Waals surface area contributed by atoms with E-state index in [4.69, 9.17) is 0 Å². The summed E-state index contributed by atoms with van der Waals surface area (Å²) in [5.41, 5.74) is 1.59. The van der Waals surface area contributed by atoms with Crippen molar-refractivity contribution >= 4 is 23.2 Å². The summed E-state index contributed by atoms with van der Waals surface area (Å²) in [7, 11) is 0. The van der Waals surface area contributed by atoms with Crippen LogP contribution in [0.25, 0.3) is 0 Å². The van der Waals surface area contributed by atoms with E-state index in [2.05, 4.69) is 40.0 Å². The minimum absolute atomic E-state index is 0.0259. The number of hydrogen-bond donors (Lipinski definition) is 2. The van der Waals surface area contributed by atoms with Crippen molar-refractivity contribution in [1.29, 1.82) is 0 Å². The quantitative estimate of drug-likeness (QED) is 0.693. The molecule has 1 aliphatic rings. The van der Waals surface area contributed by atoms with Gasteiger partial charge in [-0.2, -0.15) is 0 Å². The van der Waals surface area contributed by atoms with Crippen molar-refractivity contribution in [2.24, 2.45) is 5.92 Å². The fraction of sp³-hybridized carbons (Fsp3) is 0.478. The molecule has 1 atom stereocenters. The van der Waals surface area contributed by atoms with Crippen molar-refractivity contribution in [2.75, 3.05) is 26.2 Å². The molecule has 1 unspecified atom stereocenters. The van der Waals surface area contributed by atoms with E-state index < -0.39 is 0 Å². The lowest BCUT2D eigenvalue weighted by Gasteiger charge is -2.36. The second kappa shape index (κ2) is 10.6. The number of amides is 2. The monoisotopic (exact) mass is 413 g/mol. The first-order valence-electron chi connectivity index (χ1n) is 10.4. The standard InChI is InChI=1S/C23H31N3O2S/c1-17-10-13-26(14-11-17)20(21-8-5-15-29-21)16-25-22(27)9-12-24-23(28)19-7-4-3-6-18(19)2/h3-8,15,17,20H,9-14,16H2,1-2H3,(H,24,28)(H,25,27). The van der Waals surface area contributed by atoms with Gasteiger partial charge in [-0.1, -0.05) is 31.2 Å². The molecule has 0 aliphatic carbocycles. The van der Waals surface area contributed by atoms with E-state index in [0.717, 1.165) is 24.6 Å². The number of benzene rings is 1. The Balaban J connectivity index is 1.46. The van der Waals surface area contributed by atoms with E-state index in [1.807, 2.05) is 25.1 Å². The Bertz CT molecular complexity index is 798. The highest BCUT2D eigenvalue weighted by Gasteiger charge is 2.25. The summed E-state index contributed by atoms with van der Waals surface area (Å²) < 4.78 is 0. The van der Waals surface area contributed by atoms with Gasteiger partial charge in [0, 0.05) is 30.0 Å². The Kier molecular flexibility index (Phi) is 7.83. The molecule has 5 nitrogen and oxygen atoms in total. The SMILES string of the molecule is Cc1ccccc1C(=O)NCCC(=O)NCC(c1cccs1)N1CCC(C)CC1. The average molecular weight is 414 g/mol. The predicted molar refractivity (Wildman–Crippen MR) is 118 cm³/mol. The van der Waals surface area contributed by atoms with Gasteiger partial charge in [0.25, 0.3) is 5.91 Å². The van der Waals surface area contributed by atoms with Gasteiger partial charge in [-0.3, -0.25) is 14.5 Å². The molecular weight excluding hydrogens is 382 g/mol. The van der Waals surface area contributed by atoms with Gasteiger partial charge in [0.05, 0.1) is 6.04 Å². The lowest BCUT2D eigenvalue weighted by atomic mass is 9.97. The minimum atomic E-state index is -0.130. The zero-order chi connectivity index (χ0) is 20.6. The van der Waals surface area contributed by atoms with E-state index in [0.29, 0.717) is 18.7 Å². The number of nitrogens with one attached hydrogen (secondary N) is 2. The molecule has 1 aromatic carbocycles. The Morgan fingerprint density at radius 2 is 1.90 bits per heavy atom. The molecule has 1 saturated heterocycles. The second-order valence-corrected chi connectivity index (χ2v) is 8.85. The molecule has 1 fully saturated rings. The Hall–Kier alpha value is -2.18. The Labute approximate surface area is 177 Å². The fourth-order valence-corrected chi connectivity index (χ4v) is 4.60. The van der Waals surface area contributed by atoms with E-state index in [9.17, 15) is 9.59 Å². The molecule has 0 saturated carbocycles. The maximum Gasteiger partial charge on any atom is 0.251 e. The first kappa shape index (κ1) is 21.5. The summed E-state index contributed by atoms with van der Waals surface area (Å²) in [5, 5.41) is 8.02. The van der Waals surface area contributed by atoms with Crippen LogP contribution in [-0.4, -0.2) is 42.9 Å². The van der Waals surface area contributed by atoms with Crippen molar-refractivity contribution in [3.8, 4) is 0 Å². The van der Waals surface area contributed by atoms with Crippen molar-refractivity contribution < 1.29 is 9.59 Å². The summed E-state index contributed by atoms with van der Waals surface area (Å²) in [6.45, 7) is 7.32. The Morgan fingerprint density at radius 1 is 1.14 bits per heavy atom. The maximum atomic E-state index is 12.4. The summed E-state index contributed by atoms with van der Waals surface area (Å²) in [4.78, 5) is 28.4. The Morgan fingerprint density at radius 3 is 2.59 bits per heavy atom. The zero-order valence-corrected chi connectivity index (χ0v) is 18.1. The van der Waals surface area contributed by atoms with Gasteiger partial charge in [0.1, 0.15) is 0 Å². The lowest BCUT2D eigenvalue weighted by molar-refractivity contribution is -0.121. The largest absolute Gasteiger partial charge is 0.354 e. The van der Waals surface area contributed by atoms with Gasteiger partial charge in [-0.15, -0.1) is 11.3 Å². The fourth-order valence-electron chi connectivity index (χ4n) is 3.74. The summed E-state index contributed by atoms with van der Waals surface area (Å²) in [5.74, 6) is 0.624. The minimum Gasteiger partial charge on any atom is -0.354 e. The van der Waals surface area contributed by atoms with Gasteiger partial charge in [0.15, 0.2) is 0 Å². The van der Waals surface area contributed by atoms with Gasteiger partial charge >= 0.3 is 0 Å². The lowest BCUT2D eigenvalue weighted by Crippen LogP contribution is -2.42. The molecule has 0 radical (unpaired) electrons. The molecule has 156 valence electrons. The van der Waals surface area contributed by atoms with Gasteiger partial charge in [0.2, 0.25) is 5.91 Å². The van der Waals surface area contributed by atoms with Crippen LogP contribution in [0.5, 0.6) is 0 Å². The summed E-state index contributed by atoms with van der Waals surface area (Å²) in [6.07, 6.45) is 2.70. The molecule has 0 spiro atoms. The number of hydrogen-bond acceptors (Lipinski definition) is 4. The number of thiophene rings is 1. The number of carbonyl (C=O) groups is 2. The molecule has 2 amide bonds. The number of piperidine rings is 1. The maximum absolute atomic E-state index is 12.4. The molecule has 6 heteroatoms. The van der Waals surface area contributed by atoms with Gasteiger partial charge in [-0.25, -0.2) is 0 Å². The second-order valence-electron chi connectivity index (χ2n) is 7.87. The van der Waals surface area contributed by atoms with Gasteiger partial charge < -0.3 is 10.6 Å². The van der Waals surface area contributed by atoms with Crippen LogP contribution in [0.3, 0.4) is 0 Å². The van der Waals surface area contributed by atoms with E-state index in [-0.39, 0.29) is 24.3 Å². The number of likely N-dealkylation sites (tertiary alicyclic amines) is 1. The van der Waals surface area contributed by atoms with Crippen molar-refractivity contribution in [3.05, 3.63) is 57.8 Å². The first-order chi connectivity index (χ1) is 14.0. The highest BCUT2D eigenvalue weighted by molar-refractivity contribution is 7.10. The van der Waals surface area contributed by atoms with Crippen molar-refractivity contribution in [1.82, 2.24) is 15.5 Å².